The predicted octanol–water partition coefficient (Wildman–Crippen LogP) is 3.19. The number of carbonyl (C=O) groups is 1. The zero-order chi connectivity index (χ0) is 17.0. The number of carbonyl (C=O) groups excluding carboxylic acids is 1. The molecule has 7 nitrogen and oxygen atoms in total. The molecule has 0 aliphatic rings. The van der Waals surface area contributed by atoms with Crippen LogP contribution in [-0.4, -0.2) is 20.9 Å². The summed E-state index contributed by atoms with van der Waals surface area (Å²) in [4.78, 5) is 26.2. The third-order valence-corrected chi connectivity index (χ3v) is 3.80. The number of amides is 1. The van der Waals surface area contributed by atoms with Gasteiger partial charge in [0.1, 0.15) is 0 Å². The maximum absolute atomic E-state index is 11.6. The lowest BCUT2D eigenvalue weighted by atomic mass is 10.1. The number of non-ortho nitro benzene ring substituents is 1. The predicted molar refractivity (Wildman–Crippen MR) is 93.4 cm³/mol. The highest BCUT2D eigenvalue weighted by molar-refractivity contribution is 7.80. The Morgan fingerprint density at radius 1 is 1.43 bits per heavy atom. The molecule has 1 aromatic carbocycles. The third kappa shape index (κ3) is 4.54. The normalized spacial score (nSPS) is 10.4. The fourth-order valence-corrected chi connectivity index (χ4v) is 2.61. The molecule has 2 N–H and O–H groups in total. The summed E-state index contributed by atoms with van der Waals surface area (Å²) in [5.41, 5.74) is 1.24. The van der Waals surface area contributed by atoms with Crippen LogP contribution in [0.15, 0.2) is 29.6 Å². The minimum atomic E-state index is -0.453. The molecule has 1 aromatic heterocycles. The van der Waals surface area contributed by atoms with E-state index < -0.39 is 4.92 Å². The number of benzene rings is 1. The second kappa shape index (κ2) is 7.25. The van der Waals surface area contributed by atoms with Gasteiger partial charge in [-0.25, -0.2) is 4.98 Å². The van der Waals surface area contributed by atoms with Crippen LogP contribution in [0.2, 0.25) is 0 Å². The van der Waals surface area contributed by atoms with Crippen molar-refractivity contribution in [3.63, 3.8) is 0 Å². The van der Waals surface area contributed by atoms with Crippen molar-refractivity contribution < 1.29 is 9.72 Å². The van der Waals surface area contributed by atoms with E-state index in [4.69, 9.17) is 12.2 Å². The van der Waals surface area contributed by atoms with E-state index in [-0.39, 0.29) is 22.6 Å². The summed E-state index contributed by atoms with van der Waals surface area (Å²) in [5.74, 6) is -0.357. The molecular weight excluding hydrogens is 336 g/mol. The van der Waals surface area contributed by atoms with Crippen LogP contribution in [-0.2, 0) is 4.79 Å². The van der Waals surface area contributed by atoms with Crippen molar-refractivity contribution in [2.75, 3.05) is 5.32 Å². The number of nitro benzene ring substituents is 1. The van der Waals surface area contributed by atoms with Crippen LogP contribution in [0.4, 0.5) is 10.8 Å². The van der Waals surface area contributed by atoms with Gasteiger partial charge in [0, 0.05) is 29.0 Å². The van der Waals surface area contributed by atoms with Crippen molar-refractivity contribution >= 4 is 45.4 Å². The largest absolute Gasteiger partial charge is 0.308 e. The Morgan fingerprint density at radius 2 is 2.17 bits per heavy atom. The number of anilines is 1. The molecule has 0 radical (unpaired) electrons. The van der Waals surface area contributed by atoms with E-state index in [0.717, 1.165) is 0 Å². The Hall–Kier alpha value is -2.39. The minimum Gasteiger partial charge on any atom is -0.308 e. The molecule has 0 unspecified atom stereocenters. The van der Waals surface area contributed by atoms with Crippen LogP contribution in [0.25, 0.3) is 11.3 Å². The van der Waals surface area contributed by atoms with Gasteiger partial charge in [-0.3, -0.25) is 14.9 Å². The standard InChI is InChI=1S/C14H14N4O3S2/c1-8(2)12(19)16-13(22)17-14-15-11(7-23-14)9-4-3-5-10(6-9)18(20)21/h3-8H,1-2H3,(H2,15,16,17,19,22). The molecule has 0 aliphatic heterocycles. The maximum atomic E-state index is 11.6. The van der Waals surface area contributed by atoms with Gasteiger partial charge in [-0.1, -0.05) is 26.0 Å². The lowest BCUT2D eigenvalue weighted by molar-refractivity contribution is -0.384. The van der Waals surface area contributed by atoms with Gasteiger partial charge < -0.3 is 10.6 Å². The van der Waals surface area contributed by atoms with Crippen LogP contribution in [0, 0.1) is 16.0 Å². The molecule has 23 heavy (non-hydrogen) atoms. The van der Waals surface area contributed by atoms with Crippen molar-refractivity contribution in [1.82, 2.24) is 10.3 Å². The lowest BCUT2D eigenvalue weighted by Gasteiger charge is -2.08. The first-order valence-electron chi connectivity index (χ1n) is 6.69. The molecule has 0 saturated heterocycles. The van der Waals surface area contributed by atoms with Crippen molar-refractivity contribution in [2.24, 2.45) is 5.92 Å². The minimum absolute atomic E-state index is 0.00438. The van der Waals surface area contributed by atoms with E-state index in [1.54, 1.807) is 31.4 Å². The quantitative estimate of drug-likeness (QED) is 0.499. The van der Waals surface area contributed by atoms with Crippen molar-refractivity contribution in [1.29, 1.82) is 0 Å². The first-order chi connectivity index (χ1) is 10.9. The highest BCUT2D eigenvalue weighted by Gasteiger charge is 2.12. The number of aromatic nitrogens is 1. The van der Waals surface area contributed by atoms with Gasteiger partial charge in [-0.05, 0) is 12.2 Å². The fourth-order valence-electron chi connectivity index (χ4n) is 1.63. The van der Waals surface area contributed by atoms with Gasteiger partial charge in [0.15, 0.2) is 10.2 Å². The van der Waals surface area contributed by atoms with Crippen LogP contribution in [0.3, 0.4) is 0 Å². The van der Waals surface area contributed by atoms with Gasteiger partial charge >= 0.3 is 0 Å². The molecule has 120 valence electrons. The summed E-state index contributed by atoms with van der Waals surface area (Å²) in [7, 11) is 0. The fraction of sp³-hybridized carbons (Fsp3) is 0.214. The van der Waals surface area contributed by atoms with E-state index in [1.807, 2.05) is 0 Å². The maximum Gasteiger partial charge on any atom is 0.270 e. The average molecular weight is 350 g/mol. The van der Waals surface area contributed by atoms with E-state index in [2.05, 4.69) is 15.6 Å². The topological polar surface area (TPSA) is 97.2 Å². The molecule has 0 spiro atoms. The van der Waals surface area contributed by atoms with Crippen molar-refractivity contribution in [3.05, 3.63) is 39.8 Å². The average Bonchev–Trinajstić information content (AvgIpc) is 2.95. The van der Waals surface area contributed by atoms with E-state index in [1.165, 1.54) is 23.5 Å². The van der Waals surface area contributed by atoms with E-state index in [0.29, 0.717) is 16.4 Å². The molecule has 0 bridgehead atoms. The van der Waals surface area contributed by atoms with E-state index >= 15 is 0 Å². The SMILES string of the molecule is CC(C)C(=O)NC(=S)Nc1nc(-c2cccc([N+](=O)[O-])c2)cs1. The van der Waals surface area contributed by atoms with Crippen LogP contribution >= 0.6 is 23.6 Å². The highest BCUT2D eigenvalue weighted by Crippen LogP contribution is 2.27. The Labute approximate surface area is 141 Å². The van der Waals surface area contributed by atoms with Crippen LogP contribution in [0.1, 0.15) is 13.8 Å². The zero-order valence-corrected chi connectivity index (χ0v) is 14.0. The van der Waals surface area contributed by atoms with Gasteiger partial charge in [0.2, 0.25) is 5.91 Å². The molecule has 0 saturated carbocycles. The number of nitrogens with zero attached hydrogens (tertiary/aromatic N) is 2. The number of nitro groups is 1. The molecule has 1 heterocycles. The van der Waals surface area contributed by atoms with Gasteiger partial charge in [-0.2, -0.15) is 0 Å². The molecule has 9 heteroatoms. The summed E-state index contributed by atoms with van der Waals surface area (Å²) in [6.07, 6.45) is 0. The monoisotopic (exact) mass is 350 g/mol. The van der Waals surface area contributed by atoms with Crippen LogP contribution < -0.4 is 10.6 Å². The molecule has 1 amide bonds. The molecule has 2 rings (SSSR count). The summed E-state index contributed by atoms with van der Waals surface area (Å²) in [6.45, 7) is 3.53. The molecular formula is C14H14N4O3S2. The number of rotatable bonds is 4. The summed E-state index contributed by atoms with van der Waals surface area (Å²) < 4.78 is 0. The number of thiazole rings is 1. The van der Waals surface area contributed by atoms with Gasteiger partial charge in [0.05, 0.1) is 10.6 Å². The first kappa shape index (κ1) is 17.0. The number of nitrogens with one attached hydrogen (secondary N) is 2. The Kier molecular flexibility index (Phi) is 5.35. The van der Waals surface area contributed by atoms with Gasteiger partial charge in [-0.15, -0.1) is 11.3 Å². The Morgan fingerprint density at radius 3 is 2.83 bits per heavy atom. The third-order valence-electron chi connectivity index (χ3n) is 2.84. The van der Waals surface area contributed by atoms with Gasteiger partial charge in [0.25, 0.3) is 5.69 Å². The number of thiocarbonyl (C=S) groups is 1. The van der Waals surface area contributed by atoms with Crippen molar-refractivity contribution in [2.45, 2.75) is 13.8 Å². The smallest absolute Gasteiger partial charge is 0.270 e. The van der Waals surface area contributed by atoms with E-state index in [9.17, 15) is 14.9 Å². The zero-order valence-electron chi connectivity index (χ0n) is 12.4. The van der Waals surface area contributed by atoms with Crippen LogP contribution in [0.5, 0.6) is 0 Å². The molecule has 0 aliphatic carbocycles. The Balaban J connectivity index is 2.09. The highest BCUT2D eigenvalue weighted by atomic mass is 32.1. The molecule has 0 atom stereocenters. The molecule has 0 fully saturated rings. The molecule has 2 aromatic rings. The summed E-state index contributed by atoms with van der Waals surface area (Å²) >= 11 is 6.34. The summed E-state index contributed by atoms with van der Waals surface area (Å²) in [6, 6.07) is 6.22. The Bertz CT molecular complexity index is 758. The second-order valence-corrected chi connectivity index (χ2v) is 6.21. The van der Waals surface area contributed by atoms with Crippen molar-refractivity contribution in [3.8, 4) is 11.3 Å². The number of hydrogen-bond acceptors (Lipinski definition) is 6. The lowest BCUT2D eigenvalue weighted by Crippen LogP contribution is -2.36. The number of hydrogen-bond donors (Lipinski definition) is 2. The first-order valence-corrected chi connectivity index (χ1v) is 7.98. The second-order valence-electron chi connectivity index (χ2n) is 4.94. The summed E-state index contributed by atoms with van der Waals surface area (Å²) in [5, 5.41) is 18.6.